The Hall–Kier alpha value is -0.0500. The summed E-state index contributed by atoms with van der Waals surface area (Å²) in [5.41, 5.74) is 0. The molecule has 3 unspecified atom stereocenters. The van der Waals surface area contributed by atoms with Crippen LogP contribution in [0.15, 0.2) is 0 Å². The highest BCUT2D eigenvalue weighted by Crippen LogP contribution is 2.44. The van der Waals surface area contributed by atoms with Gasteiger partial charge in [-0.25, -0.2) is 0 Å². The third-order valence-electron chi connectivity index (χ3n) is 3.21. The fourth-order valence-corrected chi connectivity index (χ4v) is 2.83. The summed E-state index contributed by atoms with van der Waals surface area (Å²) in [7, 11) is 0. The van der Waals surface area contributed by atoms with Gasteiger partial charge in [0.2, 0.25) is 5.91 Å². The Bertz CT molecular complexity index is 195. The maximum atomic E-state index is 11.1. The monoisotopic (exact) mass is 231 g/mol. The lowest BCUT2D eigenvalue weighted by molar-refractivity contribution is -0.119. The maximum Gasteiger partial charge on any atom is 0.230 e. The van der Waals surface area contributed by atoms with Crippen LogP contribution in [0.3, 0.4) is 0 Å². The van der Waals surface area contributed by atoms with Crippen molar-refractivity contribution in [3.8, 4) is 0 Å². The van der Waals surface area contributed by atoms with Gasteiger partial charge in [0.15, 0.2) is 0 Å². The predicted octanol–water partition coefficient (Wildman–Crippen LogP) is 1.69. The number of hydrogen-bond donors (Lipinski definition) is 1. The first kappa shape index (κ1) is 8.54. The predicted molar refractivity (Wildman–Crippen MR) is 51.2 cm³/mol. The van der Waals surface area contributed by atoms with Crippen molar-refractivity contribution in [2.45, 2.75) is 31.7 Å². The highest BCUT2D eigenvalue weighted by Gasteiger charge is 2.39. The molecule has 2 aliphatic rings. The molecular weight excluding hydrogens is 218 g/mol. The van der Waals surface area contributed by atoms with Crippen LogP contribution in [0.4, 0.5) is 0 Å². The second kappa shape index (κ2) is 3.36. The van der Waals surface area contributed by atoms with E-state index in [1.165, 1.54) is 25.7 Å². The van der Waals surface area contributed by atoms with Gasteiger partial charge in [-0.3, -0.25) is 4.79 Å². The van der Waals surface area contributed by atoms with Gasteiger partial charge in [0.25, 0.3) is 0 Å². The van der Waals surface area contributed by atoms with Crippen molar-refractivity contribution >= 4 is 21.8 Å². The van der Waals surface area contributed by atoms with Crippen LogP contribution in [-0.2, 0) is 4.79 Å². The zero-order chi connectivity index (χ0) is 8.55. The Balaban J connectivity index is 1.86. The van der Waals surface area contributed by atoms with E-state index in [0.29, 0.717) is 11.4 Å². The van der Waals surface area contributed by atoms with E-state index in [4.69, 9.17) is 0 Å². The van der Waals surface area contributed by atoms with Gasteiger partial charge in [0.05, 0.1) is 5.33 Å². The van der Waals surface area contributed by atoms with Crippen LogP contribution >= 0.6 is 15.9 Å². The molecule has 0 saturated heterocycles. The number of alkyl halides is 1. The van der Waals surface area contributed by atoms with Crippen molar-refractivity contribution in [3.63, 3.8) is 0 Å². The SMILES string of the molecule is O=C(CBr)NC1CC2CCC1C2. The lowest BCUT2D eigenvalue weighted by atomic mass is 9.95. The number of hydrogen-bond acceptors (Lipinski definition) is 1. The molecule has 0 spiro atoms. The number of rotatable bonds is 2. The van der Waals surface area contributed by atoms with E-state index in [0.717, 1.165) is 11.8 Å². The molecule has 0 aromatic rings. The van der Waals surface area contributed by atoms with Gasteiger partial charge in [-0.1, -0.05) is 22.4 Å². The van der Waals surface area contributed by atoms with Gasteiger partial charge in [-0.05, 0) is 31.1 Å². The maximum absolute atomic E-state index is 11.1. The first-order chi connectivity index (χ1) is 5.79. The molecule has 2 saturated carbocycles. The molecule has 3 atom stereocenters. The van der Waals surface area contributed by atoms with Crippen molar-refractivity contribution in [1.29, 1.82) is 0 Å². The van der Waals surface area contributed by atoms with Crippen molar-refractivity contribution in [2.75, 3.05) is 5.33 Å². The minimum absolute atomic E-state index is 0.146. The molecule has 0 heterocycles. The Morgan fingerprint density at radius 1 is 1.42 bits per heavy atom. The summed E-state index contributed by atoms with van der Waals surface area (Å²) >= 11 is 3.16. The summed E-state index contributed by atoms with van der Waals surface area (Å²) in [6, 6.07) is 0.494. The van der Waals surface area contributed by atoms with Crippen LogP contribution in [0, 0.1) is 11.8 Å². The molecule has 2 fully saturated rings. The average molecular weight is 232 g/mol. The summed E-state index contributed by atoms with van der Waals surface area (Å²) in [5.74, 6) is 1.85. The van der Waals surface area contributed by atoms with Crippen LogP contribution in [-0.4, -0.2) is 17.3 Å². The first-order valence-electron chi connectivity index (χ1n) is 4.65. The largest absolute Gasteiger partial charge is 0.352 e. The van der Waals surface area contributed by atoms with Crippen molar-refractivity contribution in [1.82, 2.24) is 5.32 Å². The Morgan fingerprint density at radius 3 is 2.75 bits per heavy atom. The highest BCUT2D eigenvalue weighted by molar-refractivity contribution is 9.09. The molecule has 0 aromatic heterocycles. The molecule has 0 radical (unpaired) electrons. The Morgan fingerprint density at radius 2 is 2.25 bits per heavy atom. The number of carbonyl (C=O) groups is 1. The second-order valence-electron chi connectivity index (χ2n) is 3.98. The molecule has 0 aliphatic heterocycles. The third-order valence-corrected chi connectivity index (χ3v) is 3.72. The van der Waals surface area contributed by atoms with E-state index in [1.807, 2.05) is 0 Å². The number of fused-ring (bicyclic) bond motifs is 2. The van der Waals surface area contributed by atoms with Crippen LogP contribution in [0.1, 0.15) is 25.7 Å². The van der Waals surface area contributed by atoms with Gasteiger partial charge in [-0.2, -0.15) is 0 Å². The second-order valence-corrected chi connectivity index (χ2v) is 4.54. The topological polar surface area (TPSA) is 29.1 Å². The Labute approximate surface area is 81.2 Å². The number of nitrogens with one attached hydrogen (secondary N) is 1. The number of halogens is 1. The molecule has 3 heteroatoms. The van der Waals surface area contributed by atoms with Gasteiger partial charge < -0.3 is 5.32 Å². The average Bonchev–Trinajstić information content (AvgIpc) is 2.64. The smallest absolute Gasteiger partial charge is 0.230 e. The molecule has 12 heavy (non-hydrogen) atoms. The van der Waals surface area contributed by atoms with E-state index in [2.05, 4.69) is 21.2 Å². The van der Waals surface area contributed by atoms with Crippen molar-refractivity contribution in [2.24, 2.45) is 11.8 Å². The van der Waals surface area contributed by atoms with Crippen LogP contribution in [0.2, 0.25) is 0 Å². The van der Waals surface area contributed by atoms with Gasteiger partial charge in [0, 0.05) is 6.04 Å². The van der Waals surface area contributed by atoms with Crippen LogP contribution in [0.5, 0.6) is 0 Å². The van der Waals surface area contributed by atoms with Gasteiger partial charge in [0.1, 0.15) is 0 Å². The standard InChI is InChI=1S/C9H14BrNO/c10-5-9(12)11-8-4-6-1-2-7(8)3-6/h6-8H,1-5H2,(H,11,12). The highest BCUT2D eigenvalue weighted by atomic mass is 79.9. The van der Waals surface area contributed by atoms with Gasteiger partial charge in [-0.15, -0.1) is 0 Å². The molecule has 2 bridgehead atoms. The van der Waals surface area contributed by atoms with E-state index >= 15 is 0 Å². The fourth-order valence-electron chi connectivity index (χ4n) is 2.67. The van der Waals surface area contributed by atoms with Crippen molar-refractivity contribution in [3.05, 3.63) is 0 Å². The molecular formula is C9H14BrNO. The van der Waals surface area contributed by atoms with Crippen molar-refractivity contribution < 1.29 is 4.79 Å². The first-order valence-corrected chi connectivity index (χ1v) is 5.77. The summed E-state index contributed by atoms with van der Waals surface area (Å²) in [6.45, 7) is 0. The summed E-state index contributed by atoms with van der Waals surface area (Å²) < 4.78 is 0. The molecule has 0 aromatic carbocycles. The summed E-state index contributed by atoms with van der Waals surface area (Å²) in [5, 5.41) is 3.52. The fraction of sp³-hybridized carbons (Fsp3) is 0.889. The molecule has 2 aliphatic carbocycles. The summed E-state index contributed by atoms with van der Waals surface area (Å²) in [4.78, 5) is 11.1. The zero-order valence-corrected chi connectivity index (χ0v) is 8.64. The quantitative estimate of drug-likeness (QED) is 0.721. The molecule has 68 valence electrons. The normalized spacial score (nSPS) is 38.6. The Kier molecular flexibility index (Phi) is 2.40. The summed E-state index contributed by atoms with van der Waals surface area (Å²) in [6.07, 6.45) is 5.31. The third kappa shape index (κ3) is 1.51. The van der Waals surface area contributed by atoms with E-state index in [1.54, 1.807) is 0 Å². The zero-order valence-electron chi connectivity index (χ0n) is 7.05. The molecule has 2 rings (SSSR count). The van der Waals surface area contributed by atoms with Crippen LogP contribution in [0.25, 0.3) is 0 Å². The molecule has 2 nitrogen and oxygen atoms in total. The molecule has 1 amide bonds. The van der Waals surface area contributed by atoms with E-state index in [9.17, 15) is 4.79 Å². The molecule has 1 N–H and O–H groups in total. The lowest BCUT2D eigenvalue weighted by Crippen LogP contribution is -2.38. The minimum atomic E-state index is 0.146. The minimum Gasteiger partial charge on any atom is -0.352 e. The van der Waals surface area contributed by atoms with E-state index < -0.39 is 0 Å². The number of carbonyl (C=O) groups excluding carboxylic acids is 1. The van der Waals surface area contributed by atoms with Gasteiger partial charge >= 0.3 is 0 Å². The van der Waals surface area contributed by atoms with Crippen LogP contribution < -0.4 is 5.32 Å². The lowest BCUT2D eigenvalue weighted by Gasteiger charge is -2.22. The van der Waals surface area contributed by atoms with E-state index in [-0.39, 0.29) is 5.91 Å². The number of amides is 1.